The summed E-state index contributed by atoms with van der Waals surface area (Å²) >= 11 is 0. The Morgan fingerprint density at radius 2 is 1.74 bits per heavy atom. The number of halogens is 3. The Labute approximate surface area is 226 Å². The highest BCUT2D eigenvalue weighted by molar-refractivity contribution is 7.90. The van der Waals surface area contributed by atoms with Gasteiger partial charge in [-0.25, -0.2) is 13.4 Å². The molecule has 1 fully saturated rings. The quantitative estimate of drug-likeness (QED) is 0.355. The number of aromatic nitrogens is 2. The minimum atomic E-state index is -4.62. The molecule has 0 radical (unpaired) electrons. The maximum Gasteiger partial charge on any atom is 0.418 e. The third-order valence-electron chi connectivity index (χ3n) is 6.56. The van der Waals surface area contributed by atoms with E-state index in [0.717, 1.165) is 50.9 Å². The highest BCUT2D eigenvalue weighted by Gasteiger charge is 2.35. The van der Waals surface area contributed by atoms with Gasteiger partial charge in [-0.05, 0) is 61.9 Å². The van der Waals surface area contributed by atoms with Gasteiger partial charge in [0, 0.05) is 18.7 Å². The second-order valence-corrected chi connectivity index (χ2v) is 11.4. The lowest BCUT2D eigenvalue weighted by atomic mass is 9.94. The lowest BCUT2D eigenvalue weighted by molar-refractivity contribution is -0.191. The van der Waals surface area contributed by atoms with Crippen LogP contribution < -0.4 is 4.90 Å². The van der Waals surface area contributed by atoms with Crippen molar-refractivity contribution in [2.24, 2.45) is 5.92 Å². The van der Waals surface area contributed by atoms with Gasteiger partial charge in [0.1, 0.15) is 5.82 Å². The molecule has 0 bridgehead atoms. The molecule has 2 aromatic heterocycles. The van der Waals surface area contributed by atoms with Crippen LogP contribution >= 0.6 is 0 Å². The van der Waals surface area contributed by atoms with Crippen LogP contribution in [0.1, 0.15) is 49.4 Å². The van der Waals surface area contributed by atoms with Crippen LogP contribution in [0.15, 0.2) is 59.6 Å². The first-order valence-corrected chi connectivity index (χ1v) is 14.2. The summed E-state index contributed by atoms with van der Waals surface area (Å²) in [4.78, 5) is 27.0. The van der Waals surface area contributed by atoms with Gasteiger partial charge in [0.25, 0.3) is 0 Å². The molecule has 1 aliphatic heterocycles. The number of benzene rings is 1. The fourth-order valence-electron chi connectivity index (χ4n) is 4.79. The van der Waals surface area contributed by atoms with Crippen LogP contribution in [-0.4, -0.2) is 37.6 Å². The van der Waals surface area contributed by atoms with Crippen LogP contribution in [0.3, 0.4) is 0 Å². The number of hydrogen-bond donors (Lipinski definition) is 0. The van der Waals surface area contributed by atoms with Crippen molar-refractivity contribution in [3.05, 3.63) is 71.4 Å². The Hall–Kier alpha value is -3.56. The first kappa shape index (κ1) is 30.0. The summed E-state index contributed by atoms with van der Waals surface area (Å²) in [6.45, 7) is 5.51. The number of sulfone groups is 1. The molecule has 1 saturated heterocycles. The number of hydrogen-bond acceptors (Lipinski definition) is 7. The molecule has 0 amide bonds. The van der Waals surface area contributed by atoms with Crippen molar-refractivity contribution in [1.82, 2.24) is 9.97 Å². The summed E-state index contributed by atoms with van der Waals surface area (Å²) < 4.78 is 67.7. The second kappa shape index (κ2) is 13.0. The van der Waals surface area contributed by atoms with Crippen LogP contribution in [0.5, 0.6) is 0 Å². The molecule has 3 heterocycles. The number of anilines is 1. The average molecular weight is 562 g/mol. The van der Waals surface area contributed by atoms with E-state index in [1.54, 1.807) is 43.3 Å². The summed E-state index contributed by atoms with van der Waals surface area (Å²) in [6.07, 6.45) is 0.0376. The maximum atomic E-state index is 13.7. The van der Waals surface area contributed by atoms with Crippen LogP contribution in [0.4, 0.5) is 19.0 Å². The molecule has 1 unspecified atom stereocenters. The van der Waals surface area contributed by atoms with Gasteiger partial charge in [-0.1, -0.05) is 43.7 Å². The van der Waals surface area contributed by atoms with Crippen molar-refractivity contribution < 1.29 is 31.2 Å². The van der Waals surface area contributed by atoms with Crippen LogP contribution in [0, 0.1) is 12.8 Å². The Balaban J connectivity index is 0.00000134. The van der Waals surface area contributed by atoms with Crippen LogP contribution in [0.25, 0.3) is 11.3 Å². The summed E-state index contributed by atoms with van der Waals surface area (Å²) in [7, 11) is -3.94. The van der Waals surface area contributed by atoms with Gasteiger partial charge >= 0.3 is 12.3 Å². The highest BCUT2D eigenvalue weighted by Crippen LogP contribution is 2.37. The summed E-state index contributed by atoms with van der Waals surface area (Å²) in [5.74, 6) is 0.624. The Morgan fingerprint density at radius 3 is 2.41 bits per heavy atom. The van der Waals surface area contributed by atoms with Crippen molar-refractivity contribution in [1.29, 1.82) is 0 Å². The summed E-state index contributed by atoms with van der Waals surface area (Å²) in [5.41, 5.74) is -0.201. The van der Waals surface area contributed by atoms with Gasteiger partial charge < -0.3 is 4.90 Å². The number of piperidine rings is 1. The number of rotatable bonds is 7. The van der Waals surface area contributed by atoms with Crippen molar-refractivity contribution in [3.63, 3.8) is 0 Å². The fourth-order valence-corrected chi connectivity index (χ4v) is 6.01. The molecule has 39 heavy (non-hydrogen) atoms. The van der Waals surface area contributed by atoms with E-state index in [9.17, 15) is 21.6 Å². The molecule has 1 atom stereocenters. The van der Waals surface area contributed by atoms with Crippen molar-refractivity contribution >= 4 is 21.8 Å². The molecule has 0 saturated carbocycles. The first-order valence-electron chi connectivity index (χ1n) is 12.6. The predicted molar refractivity (Wildman–Crippen MR) is 139 cm³/mol. The standard InChI is InChI=1S/C27H30F3N3O2S.CO2/c1-3-8-20-10-7-16-33(17-20)24-12-6-13-25(32-24)36(34,35)18-21-14-15-23(27(28,29)30)26(31-21)22-11-5-4-9-19(22)2;2-1-3/h4-6,9,11-15,20H,3,7-8,10,16-18H2,1-2H3;. The Morgan fingerprint density at radius 1 is 1.03 bits per heavy atom. The SMILES string of the molecule is CCCC1CCCN(c2cccc(S(=O)(=O)Cc3ccc(C(F)(F)F)c(-c4ccccc4C)n3)n2)C1.O=C=O. The molecule has 0 aliphatic carbocycles. The molecule has 3 aromatic rings. The van der Waals surface area contributed by atoms with E-state index in [1.807, 2.05) is 0 Å². The number of alkyl halides is 3. The van der Waals surface area contributed by atoms with Gasteiger partial charge in [-0.15, -0.1) is 0 Å². The molecule has 1 aromatic carbocycles. The van der Waals surface area contributed by atoms with Crippen molar-refractivity contribution in [3.8, 4) is 11.3 Å². The van der Waals surface area contributed by atoms with E-state index in [0.29, 0.717) is 22.9 Å². The summed E-state index contributed by atoms with van der Waals surface area (Å²) in [6, 6.07) is 13.6. The number of nitrogens with zero attached hydrogens (tertiary/aromatic N) is 3. The highest BCUT2D eigenvalue weighted by atomic mass is 32.2. The van der Waals surface area contributed by atoms with Gasteiger partial charge in [0.15, 0.2) is 5.03 Å². The monoisotopic (exact) mass is 561 g/mol. The van der Waals surface area contributed by atoms with E-state index < -0.39 is 27.3 Å². The lowest BCUT2D eigenvalue weighted by Crippen LogP contribution is -2.36. The van der Waals surface area contributed by atoms with E-state index in [4.69, 9.17) is 9.59 Å². The third-order valence-corrected chi connectivity index (χ3v) is 8.10. The average Bonchev–Trinajstić information content (AvgIpc) is 2.89. The smallest absolute Gasteiger partial charge is 0.356 e. The zero-order valence-electron chi connectivity index (χ0n) is 21.7. The topological polar surface area (TPSA) is 97.3 Å². The fraction of sp³-hybridized carbons (Fsp3) is 0.393. The Bertz CT molecular complexity index is 1420. The zero-order valence-corrected chi connectivity index (χ0v) is 22.6. The van der Waals surface area contributed by atoms with Crippen LogP contribution in [-0.2, 0) is 31.4 Å². The van der Waals surface area contributed by atoms with Gasteiger partial charge in [-0.2, -0.15) is 22.8 Å². The van der Waals surface area contributed by atoms with Gasteiger partial charge in [-0.3, -0.25) is 4.98 Å². The molecule has 0 N–H and O–H groups in total. The first-order chi connectivity index (χ1) is 18.5. The molecule has 7 nitrogen and oxygen atoms in total. The van der Waals surface area contributed by atoms with Gasteiger partial charge in [0.05, 0.1) is 22.7 Å². The second-order valence-electron chi connectivity index (χ2n) is 9.43. The number of pyridine rings is 2. The maximum absolute atomic E-state index is 13.7. The lowest BCUT2D eigenvalue weighted by Gasteiger charge is -2.33. The molecule has 0 spiro atoms. The molecular formula is C28H30F3N3O4S. The van der Waals surface area contributed by atoms with Crippen molar-refractivity contribution in [2.75, 3.05) is 18.0 Å². The number of aryl methyl sites for hydroxylation is 1. The number of carbonyl (C=O) groups excluding carboxylic acids is 2. The third kappa shape index (κ3) is 7.74. The molecule has 4 rings (SSSR count). The summed E-state index contributed by atoms with van der Waals surface area (Å²) in [5, 5.41) is -0.100. The van der Waals surface area contributed by atoms with Gasteiger partial charge in [0.2, 0.25) is 9.84 Å². The molecule has 208 valence electrons. The Kier molecular flexibility index (Phi) is 9.99. The predicted octanol–water partition coefficient (Wildman–Crippen LogP) is 5.88. The molecular weight excluding hydrogens is 531 g/mol. The van der Waals surface area contributed by atoms with Crippen LogP contribution in [0.2, 0.25) is 0 Å². The normalized spacial score (nSPS) is 15.7. The van der Waals surface area contributed by atoms with E-state index in [2.05, 4.69) is 21.8 Å². The molecule has 11 heteroatoms. The van der Waals surface area contributed by atoms with E-state index >= 15 is 0 Å². The zero-order chi connectivity index (χ0) is 28.6. The molecule has 1 aliphatic rings. The van der Waals surface area contributed by atoms with E-state index in [-0.39, 0.29) is 22.6 Å². The minimum Gasteiger partial charge on any atom is -0.356 e. The largest absolute Gasteiger partial charge is 0.418 e. The van der Waals surface area contributed by atoms with Crippen molar-refractivity contribution in [2.45, 2.75) is 56.5 Å². The van der Waals surface area contributed by atoms with E-state index in [1.165, 1.54) is 6.07 Å². The minimum absolute atomic E-state index is 0.0365.